The average molecular weight is 344 g/mol. The monoisotopic (exact) mass is 344 g/mol. The van der Waals surface area contributed by atoms with Crippen LogP contribution in [0.1, 0.15) is 22.4 Å². The van der Waals surface area contributed by atoms with Crippen molar-refractivity contribution in [3.05, 3.63) is 45.9 Å². The molecule has 0 atom stereocenters. The Bertz CT molecular complexity index is 754. The largest absolute Gasteiger partial charge is 0.486 e. The highest BCUT2D eigenvalue weighted by atomic mass is 32.1. The fraction of sp³-hybridized carbons (Fsp3) is 0.333. The van der Waals surface area contributed by atoms with E-state index in [1.165, 1.54) is 0 Å². The van der Waals surface area contributed by atoms with Gasteiger partial charge in [-0.25, -0.2) is 4.98 Å². The summed E-state index contributed by atoms with van der Waals surface area (Å²) in [5.41, 5.74) is 0.962. The lowest BCUT2D eigenvalue weighted by Crippen LogP contribution is -2.29. The molecule has 1 aromatic carbocycles. The van der Waals surface area contributed by atoms with Crippen molar-refractivity contribution in [3.8, 4) is 11.5 Å². The number of nitrogens with zero attached hydrogens (tertiary/aromatic N) is 2. The van der Waals surface area contributed by atoms with Gasteiger partial charge in [0.15, 0.2) is 11.5 Å². The predicted molar refractivity (Wildman–Crippen MR) is 94.4 cm³/mol. The molecule has 0 unspecified atom stereocenters. The van der Waals surface area contributed by atoms with Gasteiger partial charge in [0.2, 0.25) is 5.91 Å². The van der Waals surface area contributed by atoms with Gasteiger partial charge in [0.25, 0.3) is 0 Å². The summed E-state index contributed by atoms with van der Waals surface area (Å²) in [6.45, 7) is 6.13. The standard InChI is InChI=1S/C18H20N2O3S/c1-3-20(17(21)8-7-15-11-19-13(2)24-15)12-14-5-4-6-16-18(14)23-10-9-22-16/h4-8,11H,3,9-10,12H2,1-2H3/b8-7+. The van der Waals surface area contributed by atoms with Crippen molar-refractivity contribution in [3.63, 3.8) is 0 Å². The number of likely N-dealkylation sites (N-methyl/N-ethyl adjacent to an activating group) is 1. The van der Waals surface area contributed by atoms with E-state index in [0.29, 0.717) is 26.3 Å². The molecule has 3 rings (SSSR count). The Hall–Kier alpha value is -2.34. The first kappa shape index (κ1) is 16.5. The van der Waals surface area contributed by atoms with Crippen molar-refractivity contribution >= 4 is 23.3 Å². The smallest absolute Gasteiger partial charge is 0.246 e. The molecule has 24 heavy (non-hydrogen) atoms. The number of benzene rings is 1. The van der Waals surface area contributed by atoms with Crippen LogP contribution in [0.3, 0.4) is 0 Å². The lowest BCUT2D eigenvalue weighted by molar-refractivity contribution is -0.126. The predicted octanol–water partition coefficient (Wildman–Crippen LogP) is 3.28. The van der Waals surface area contributed by atoms with Gasteiger partial charge in [0.05, 0.1) is 5.01 Å². The maximum absolute atomic E-state index is 12.5. The number of para-hydroxylation sites is 1. The first-order valence-electron chi connectivity index (χ1n) is 7.94. The van der Waals surface area contributed by atoms with E-state index in [1.54, 1.807) is 28.5 Å². The van der Waals surface area contributed by atoms with Crippen LogP contribution >= 0.6 is 11.3 Å². The molecule has 6 heteroatoms. The summed E-state index contributed by atoms with van der Waals surface area (Å²) in [5.74, 6) is 1.47. The number of hydrogen-bond acceptors (Lipinski definition) is 5. The molecule has 0 spiro atoms. The molecular formula is C18H20N2O3S. The summed E-state index contributed by atoms with van der Waals surface area (Å²) in [6.07, 6.45) is 5.19. The topological polar surface area (TPSA) is 51.7 Å². The molecule has 0 radical (unpaired) electrons. The normalized spacial score (nSPS) is 13.2. The van der Waals surface area contributed by atoms with Crippen LogP contribution in [0, 0.1) is 6.92 Å². The maximum atomic E-state index is 12.5. The first-order valence-corrected chi connectivity index (χ1v) is 8.76. The highest BCUT2D eigenvalue weighted by Crippen LogP contribution is 2.34. The van der Waals surface area contributed by atoms with E-state index < -0.39 is 0 Å². The molecule has 0 bridgehead atoms. The molecule has 1 aliphatic rings. The van der Waals surface area contributed by atoms with Crippen molar-refractivity contribution in [1.82, 2.24) is 9.88 Å². The number of aryl methyl sites for hydroxylation is 1. The van der Waals surface area contributed by atoms with Crippen LogP contribution in [0.2, 0.25) is 0 Å². The van der Waals surface area contributed by atoms with E-state index >= 15 is 0 Å². The van der Waals surface area contributed by atoms with E-state index in [9.17, 15) is 4.79 Å². The quantitative estimate of drug-likeness (QED) is 0.781. The van der Waals surface area contributed by atoms with E-state index in [2.05, 4.69) is 4.98 Å². The molecular weight excluding hydrogens is 324 g/mol. The molecule has 1 aliphatic heterocycles. The van der Waals surface area contributed by atoms with Gasteiger partial charge >= 0.3 is 0 Å². The second-order valence-electron chi connectivity index (χ2n) is 5.41. The molecule has 0 aliphatic carbocycles. The molecule has 5 nitrogen and oxygen atoms in total. The molecule has 0 fully saturated rings. The van der Waals surface area contributed by atoms with Gasteiger partial charge in [0, 0.05) is 35.8 Å². The number of aromatic nitrogens is 1. The Morgan fingerprint density at radius 3 is 2.96 bits per heavy atom. The number of rotatable bonds is 5. The summed E-state index contributed by atoms with van der Waals surface area (Å²) < 4.78 is 11.3. The molecule has 1 amide bonds. The van der Waals surface area contributed by atoms with E-state index in [-0.39, 0.29) is 5.91 Å². The highest BCUT2D eigenvalue weighted by Gasteiger charge is 2.18. The third-order valence-corrected chi connectivity index (χ3v) is 4.61. The van der Waals surface area contributed by atoms with Crippen molar-refractivity contribution in [2.45, 2.75) is 20.4 Å². The van der Waals surface area contributed by atoms with Gasteiger partial charge in [-0.2, -0.15) is 0 Å². The molecule has 2 heterocycles. The number of amides is 1. The lowest BCUT2D eigenvalue weighted by atomic mass is 10.1. The van der Waals surface area contributed by atoms with Crippen LogP contribution in [0.5, 0.6) is 11.5 Å². The zero-order chi connectivity index (χ0) is 16.9. The lowest BCUT2D eigenvalue weighted by Gasteiger charge is -2.24. The molecule has 2 aromatic rings. The summed E-state index contributed by atoms with van der Waals surface area (Å²) in [6, 6.07) is 5.79. The van der Waals surface area contributed by atoms with Gasteiger partial charge in [-0.05, 0) is 26.0 Å². The van der Waals surface area contributed by atoms with Crippen LogP contribution < -0.4 is 9.47 Å². The summed E-state index contributed by atoms with van der Waals surface area (Å²) in [4.78, 5) is 19.4. The Morgan fingerprint density at radius 2 is 2.21 bits per heavy atom. The van der Waals surface area contributed by atoms with Crippen molar-refractivity contribution in [2.24, 2.45) is 0 Å². The number of hydrogen-bond donors (Lipinski definition) is 0. The Morgan fingerprint density at radius 1 is 1.38 bits per heavy atom. The molecule has 0 saturated carbocycles. The van der Waals surface area contributed by atoms with E-state index in [0.717, 1.165) is 26.9 Å². The fourth-order valence-electron chi connectivity index (χ4n) is 2.52. The highest BCUT2D eigenvalue weighted by molar-refractivity contribution is 7.12. The second-order valence-corrected chi connectivity index (χ2v) is 6.68. The van der Waals surface area contributed by atoms with E-state index in [1.807, 2.05) is 38.1 Å². The zero-order valence-electron chi connectivity index (χ0n) is 13.8. The number of carbonyl (C=O) groups excluding carboxylic acids is 1. The van der Waals surface area contributed by atoms with Crippen molar-refractivity contribution in [2.75, 3.05) is 19.8 Å². The van der Waals surface area contributed by atoms with Gasteiger partial charge < -0.3 is 14.4 Å². The summed E-state index contributed by atoms with van der Waals surface area (Å²) >= 11 is 1.57. The van der Waals surface area contributed by atoms with Crippen LogP contribution in [0.4, 0.5) is 0 Å². The Labute approximate surface area is 145 Å². The van der Waals surface area contributed by atoms with Crippen LogP contribution in [0.25, 0.3) is 6.08 Å². The van der Waals surface area contributed by atoms with Crippen LogP contribution in [-0.2, 0) is 11.3 Å². The molecule has 0 N–H and O–H groups in total. The van der Waals surface area contributed by atoms with Crippen LogP contribution in [-0.4, -0.2) is 35.5 Å². The van der Waals surface area contributed by atoms with Crippen LogP contribution in [0.15, 0.2) is 30.5 Å². The first-order chi connectivity index (χ1) is 11.7. The third-order valence-electron chi connectivity index (χ3n) is 3.73. The minimum absolute atomic E-state index is 0.0297. The average Bonchev–Trinajstić information content (AvgIpc) is 3.03. The minimum Gasteiger partial charge on any atom is -0.486 e. The summed E-state index contributed by atoms with van der Waals surface area (Å²) in [7, 11) is 0. The van der Waals surface area contributed by atoms with Gasteiger partial charge in [-0.1, -0.05) is 12.1 Å². The van der Waals surface area contributed by atoms with Gasteiger partial charge in [0.1, 0.15) is 13.2 Å². The number of carbonyl (C=O) groups is 1. The molecule has 1 aromatic heterocycles. The minimum atomic E-state index is -0.0297. The third kappa shape index (κ3) is 3.76. The Balaban J connectivity index is 1.72. The second kappa shape index (κ2) is 7.49. The summed E-state index contributed by atoms with van der Waals surface area (Å²) in [5, 5.41) is 0.988. The number of ether oxygens (including phenoxy) is 2. The van der Waals surface area contributed by atoms with Gasteiger partial charge in [-0.3, -0.25) is 4.79 Å². The Kier molecular flexibility index (Phi) is 5.15. The van der Waals surface area contributed by atoms with E-state index in [4.69, 9.17) is 9.47 Å². The molecule has 0 saturated heterocycles. The fourth-order valence-corrected chi connectivity index (χ4v) is 3.21. The van der Waals surface area contributed by atoms with Gasteiger partial charge in [-0.15, -0.1) is 11.3 Å². The van der Waals surface area contributed by atoms with Crippen molar-refractivity contribution in [1.29, 1.82) is 0 Å². The SMILES string of the molecule is CCN(Cc1cccc2c1OCCO2)C(=O)/C=C/c1cnc(C)s1. The number of fused-ring (bicyclic) bond motifs is 1. The molecule has 126 valence electrons. The number of thiazole rings is 1. The van der Waals surface area contributed by atoms with Crippen molar-refractivity contribution < 1.29 is 14.3 Å². The zero-order valence-corrected chi connectivity index (χ0v) is 14.6. The maximum Gasteiger partial charge on any atom is 0.246 e.